The van der Waals surface area contributed by atoms with Crippen LogP contribution < -0.4 is 0 Å². The van der Waals surface area contributed by atoms with Gasteiger partial charge in [-0.3, -0.25) is 9.59 Å². The van der Waals surface area contributed by atoms with Gasteiger partial charge in [0, 0.05) is 10.0 Å². The molecule has 3 N–H and O–H groups in total. The Balaban J connectivity index is 0.000000468. The first-order valence-corrected chi connectivity index (χ1v) is 11.7. The number of aliphatic carboxylic acids is 1. The quantitative estimate of drug-likeness (QED) is 0.504. The van der Waals surface area contributed by atoms with Gasteiger partial charge < -0.3 is 20.2 Å². The number of nitrogens with zero attached hydrogens (tertiary/aromatic N) is 1. The van der Waals surface area contributed by atoms with Crippen molar-refractivity contribution >= 4 is 35.1 Å². The monoisotopic (exact) mass is 495 g/mol. The van der Waals surface area contributed by atoms with Gasteiger partial charge in [0.15, 0.2) is 0 Å². The first kappa shape index (κ1) is 27.1. The second-order valence-electron chi connectivity index (χ2n) is 8.47. The highest BCUT2D eigenvalue weighted by atomic mass is 35.5. The lowest BCUT2D eigenvalue weighted by atomic mass is 9.74. The van der Waals surface area contributed by atoms with Crippen LogP contribution in [0.2, 0.25) is 10.0 Å². The topological polar surface area (TPSA) is 98.1 Å². The summed E-state index contributed by atoms with van der Waals surface area (Å²) in [6.07, 6.45) is 0.104. The van der Waals surface area contributed by atoms with Crippen LogP contribution in [0.4, 0.5) is 0 Å². The molecule has 180 valence electrons. The molecule has 2 aromatic rings. The highest BCUT2D eigenvalue weighted by molar-refractivity contribution is 6.30. The van der Waals surface area contributed by atoms with Gasteiger partial charge in [-0.25, -0.2) is 0 Å². The molecule has 1 fully saturated rings. The third-order valence-electron chi connectivity index (χ3n) is 5.99. The van der Waals surface area contributed by atoms with E-state index in [1.807, 2.05) is 49.4 Å². The van der Waals surface area contributed by atoms with E-state index in [9.17, 15) is 24.9 Å². The Morgan fingerprint density at radius 3 is 2.15 bits per heavy atom. The van der Waals surface area contributed by atoms with E-state index < -0.39 is 30.1 Å². The van der Waals surface area contributed by atoms with Gasteiger partial charge in [-0.15, -0.1) is 0 Å². The van der Waals surface area contributed by atoms with E-state index in [-0.39, 0.29) is 18.4 Å². The molecule has 1 amide bonds. The molecule has 3 rings (SSSR count). The lowest BCUT2D eigenvalue weighted by Gasteiger charge is -2.48. The summed E-state index contributed by atoms with van der Waals surface area (Å²) in [6, 6.07) is 15.7. The minimum Gasteiger partial charge on any atom is -0.481 e. The standard InChI is InChI=1S/C19H26ClNO5.C6H5Cl/c1-3-14(16(23)11-22)21-15(12-4-6-13(20)7-5-12)8-9-19(2,18(21)26)10-17(24)25;7-6-4-2-1-3-5-6/h4-7,14-16,22-23H,3,8-11H2,1-2H3,(H,24,25);1-5H/t14?,15?,16?,19-;/m1./s1. The van der Waals surface area contributed by atoms with Crippen LogP contribution in [-0.2, 0) is 9.59 Å². The van der Waals surface area contributed by atoms with Gasteiger partial charge in [0.2, 0.25) is 5.91 Å². The summed E-state index contributed by atoms with van der Waals surface area (Å²) in [4.78, 5) is 26.1. The fraction of sp³-hybridized carbons (Fsp3) is 0.440. The summed E-state index contributed by atoms with van der Waals surface area (Å²) in [5, 5.41) is 30.3. The number of carboxylic acid groups (broad SMARTS) is 1. The largest absolute Gasteiger partial charge is 0.481 e. The maximum Gasteiger partial charge on any atom is 0.304 e. The van der Waals surface area contributed by atoms with Gasteiger partial charge >= 0.3 is 5.97 Å². The summed E-state index contributed by atoms with van der Waals surface area (Å²) in [6.45, 7) is 3.02. The van der Waals surface area contributed by atoms with Crippen molar-refractivity contribution in [2.75, 3.05) is 6.61 Å². The fourth-order valence-corrected chi connectivity index (χ4v) is 4.51. The number of amides is 1. The van der Waals surface area contributed by atoms with Crippen molar-refractivity contribution < 1.29 is 24.9 Å². The summed E-state index contributed by atoms with van der Waals surface area (Å²) in [5.41, 5.74) is -0.152. The average molecular weight is 496 g/mol. The molecule has 0 bridgehead atoms. The number of rotatable bonds is 7. The lowest BCUT2D eigenvalue weighted by molar-refractivity contribution is -0.162. The van der Waals surface area contributed by atoms with Crippen molar-refractivity contribution in [3.8, 4) is 0 Å². The normalized spacial score (nSPS) is 22.2. The molecule has 1 aliphatic heterocycles. The van der Waals surface area contributed by atoms with Crippen molar-refractivity contribution in [1.82, 2.24) is 4.90 Å². The predicted octanol–water partition coefficient (Wildman–Crippen LogP) is 4.96. The summed E-state index contributed by atoms with van der Waals surface area (Å²) < 4.78 is 0. The number of likely N-dealkylation sites (tertiary alicyclic amines) is 1. The number of aliphatic hydroxyl groups is 2. The van der Waals surface area contributed by atoms with Gasteiger partial charge in [0.25, 0.3) is 0 Å². The second kappa shape index (κ2) is 12.4. The van der Waals surface area contributed by atoms with Gasteiger partial charge in [-0.2, -0.15) is 0 Å². The Labute approximate surface area is 204 Å². The number of benzene rings is 2. The lowest BCUT2D eigenvalue weighted by Crippen LogP contribution is -2.57. The van der Waals surface area contributed by atoms with Crippen molar-refractivity contribution in [2.45, 2.75) is 57.7 Å². The van der Waals surface area contributed by atoms with Gasteiger partial charge in [-0.05, 0) is 49.1 Å². The van der Waals surface area contributed by atoms with Gasteiger partial charge in [-0.1, -0.05) is 67.4 Å². The number of carboxylic acids is 1. The number of carbonyl (C=O) groups excluding carboxylic acids is 1. The fourth-order valence-electron chi connectivity index (χ4n) is 4.24. The van der Waals surface area contributed by atoms with E-state index in [1.165, 1.54) is 0 Å². The van der Waals surface area contributed by atoms with Crippen molar-refractivity contribution in [3.05, 3.63) is 70.2 Å². The molecule has 0 radical (unpaired) electrons. The average Bonchev–Trinajstić information content (AvgIpc) is 2.78. The molecule has 6 nitrogen and oxygen atoms in total. The number of hydrogen-bond acceptors (Lipinski definition) is 4. The maximum atomic E-state index is 13.3. The molecule has 0 aromatic heterocycles. The molecule has 4 atom stereocenters. The number of carbonyl (C=O) groups is 2. The number of hydrogen-bond donors (Lipinski definition) is 3. The van der Waals surface area contributed by atoms with Crippen LogP contribution in [0.15, 0.2) is 54.6 Å². The molecule has 3 unspecified atom stereocenters. The first-order chi connectivity index (χ1) is 15.6. The molecule has 0 spiro atoms. The minimum atomic E-state index is -1.09. The molecule has 8 heteroatoms. The first-order valence-electron chi connectivity index (χ1n) is 10.9. The minimum absolute atomic E-state index is 0.263. The van der Waals surface area contributed by atoms with Crippen LogP contribution >= 0.6 is 23.2 Å². The third-order valence-corrected chi connectivity index (χ3v) is 6.50. The van der Waals surface area contributed by atoms with Gasteiger partial charge in [0.05, 0.1) is 36.6 Å². The Bertz CT molecular complexity index is 909. The highest BCUT2D eigenvalue weighted by Gasteiger charge is 2.48. The van der Waals surface area contributed by atoms with E-state index in [2.05, 4.69) is 0 Å². The van der Waals surface area contributed by atoms with E-state index in [4.69, 9.17) is 23.2 Å². The zero-order valence-electron chi connectivity index (χ0n) is 18.8. The number of piperidine rings is 1. The zero-order chi connectivity index (χ0) is 24.6. The van der Waals surface area contributed by atoms with Crippen LogP contribution in [-0.4, -0.2) is 50.8 Å². The highest BCUT2D eigenvalue weighted by Crippen LogP contribution is 2.44. The molecule has 1 heterocycles. The van der Waals surface area contributed by atoms with E-state index in [0.29, 0.717) is 24.3 Å². The Morgan fingerprint density at radius 1 is 1.12 bits per heavy atom. The second-order valence-corrected chi connectivity index (χ2v) is 9.34. The number of aliphatic hydroxyl groups excluding tert-OH is 2. The van der Waals surface area contributed by atoms with E-state index >= 15 is 0 Å². The molecule has 33 heavy (non-hydrogen) atoms. The van der Waals surface area contributed by atoms with Gasteiger partial charge in [0.1, 0.15) is 0 Å². The summed E-state index contributed by atoms with van der Waals surface area (Å²) in [7, 11) is 0. The van der Waals surface area contributed by atoms with E-state index in [0.717, 1.165) is 10.6 Å². The SMILES string of the molecule is CCC(C(O)CO)N1C(=O)[C@@](C)(CC(=O)O)CCC1c1ccc(Cl)cc1.Clc1ccccc1. The molecule has 0 saturated carbocycles. The number of halogens is 2. The van der Waals surface area contributed by atoms with Crippen LogP contribution in [0, 0.1) is 5.41 Å². The van der Waals surface area contributed by atoms with E-state index in [1.54, 1.807) is 24.0 Å². The van der Waals surface area contributed by atoms with Crippen LogP contribution in [0.5, 0.6) is 0 Å². The van der Waals surface area contributed by atoms with Crippen LogP contribution in [0.25, 0.3) is 0 Å². The van der Waals surface area contributed by atoms with Crippen molar-refractivity contribution in [3.63, 3.8) is 0 Å². The predicted molar refractivity (Wildman–Crippen MR) is 129 cm³/mol. The molecular formula is C25H31Cl2NO5. The molecule has 2 aromatic carbocycles. The summed E-state index contributed by atoms with van der Waals surface area (Å²) in [5.74, 6) is -1.33. The maximum absolute atomic E-state index is 13.3. The molecule has 1 saturated heterocycles. The van der Waals surface area contributed by atoms with Crippen LogP contribution in [0.1, 0.15) is 51.1 Å². The molecule has 1 aliphatic rings. The van der Waals surface area contributed by atoms with Crippen molar-refractivity contribution in [1.29, 1.82) is 0 Å². The zero-order valence-corrected chi connectivity index (χ0v) is 20.3. The smallest absolute Gasteiger partial charge is 0.304 e. The molecular weight excluding hydrogens is 465 g/mol. The van der Waals surface area contributed by atoms with Crippen LogP contribution in [0.3, 0.4) is 0 Å². The Kier molecular flexibility index (Phi) is 10.2. The summed E-state index contributed by atoms with van der Waals surface area (Å²) >= 11 is 11.5. The third kappa shape index (κ3) is 7.18. The Hall–Kier alpha value is -2.12. The Morgan fingerprint density at radius 2 is 1.70 bits per heavy atom. The van der Waals surface area contributed by atoms with Crippen molar-refractivity contribution in [2.24, 2.45) is 5.41 Å². The molecule has 0 aliphatic carbocycles.